The van der Waals surface area contributed by atoms with Gasteiger partial charge in [-0.15, -0.1) is 0 Å². The van der Waals surface area contributed by atoms with Gasteiger partial charge < -0.3 is 9.47 Å². The summed E-state index contributed by atoms with van der Waals surface area (Å²) in [6.07, 6.45) is 8.10. The van der Waals surface area contributed by atoms with E-state index in [2.05, 4.69) is 19.6 Å². The Bertz CT molecular complexity index is 306. The van der Waals surface area contributed by atoms with Gasteiger partial charge in [0.2, 0.25) is 0 Å². The van der Waals surface area contributed by atoms with Crippen LogP contribution < -0.4 is 0 Å². The lowest BCUT2D eigenvalue weighted by Crippen LogP contribution is -2.35. The molecule has 0 radical (unpaired) electrons. The van der Waals surface area contributed by atoms with E-state index < -0.39 is 0 Å². The van der Waals surface area contributed by atoms with Crippen LogP contribution in [0.2, 0.25) is 0 Å². The second-order valence-electron chi connectivity index (χ2n) is 5.39. The average Bonchev–Trinajstić information content (AvgIpc) is 2.41. The van der Waals surface area contributed by atoms with Crippen molar-refractivity contribution in [2.45, 2.75) is 45.3 Å². The molecule has 0 bridgehead atoms. The lowest BCUT2D eigenvalue weighted by atomic mass is 9.79. The number of allylic oxidation sites excluding steroid dienone is 2. The summed E-state index contributed by atoms with van der Waals surface area (Å²) < 4.78 is 11.1. The summed E-state index contributed by atoms with van der Waals surface area (Å²) >= 11 is 0. The van der Waals surface area contributed by atoms with Gasteiger partial charge in [0, 0.05) is 19.4 Å². The van der Waals surface area contributed by atoms with Crippen LogP contribution in [0.1, 0.15) is 39.0 Å². The van der Waals surface area contributed by atoms with E-state index in [1.165, 1.54) is 24.0 Å². The smallest absolute Gasteiger partial charge is 0.157 e. The zero-order valence-corrected chi connectivity index (χ0v) is 11.1. The van der Waals surface area contributed by atoms with Crippen LogP contribution in [0.15, 0.2) is 23.8 Å². The average molecular weight is 236 g/mol. The number of rotatable bonds is 1. The van der Waals surface area contributed by atoms with Gasteiger partial charge in [-0.05, 0) is 38.5 Å². The van der Waals surface area contributed by atoms with E-state index in [4.69, 9.17) is 9.47 Å². The van der Waals surface area contributed by atoms with Gasteiger partial charge in [-0.3, -0.25) is 0 Å². The highest BCUT2D eigenvalue weighted by Gasteiger charge is 2.32. The van der Waals surface area contributed by atoms with Crippen LogP contribution in [0.25, 0.3) is 0 Å². The zero-order chi connectivity index (χ0) is 12.3. The Kier molecular flexibility index (Phi) is 4.41. The molecule has 2 nitrogen and oxygen atoms in total. The Morgan fingerprint density at radius 2 is 2.24 bits per heavy atom. The van der Waals surface area contributed by atoms with Crippen molar-refractivity contribution in [2.24, 2.45) is 11.8 Å². The first kappa shape index (κ1) is 12.8. The van der Waals surface area contributed by atoms with Crippen LogP contribution >= 0.6 is 0 Å². The second kappa shape index (κ2) is 5.83. The first-order chi connectivity index (χ1) is 8.20. The topological polar surface area (TPSA) is 18.5 Å². The lowest BCUT2D eigenvalue weighted by molar-refractivity contribution is -0.172. The lowest BCUT2D eigenvalue weighted by Gasteiger charge is -2.36. The quantitative estimate of drug-likeness (QED) is 0.646. The number of hydrogen-bond donors (Lipinski definition) is 0. The molecule has 1 fully saturated rings. The van der Waals surface area contributed by atoms with Crippen molar-refractivity contribution in [1.82, 2.24) is 0 Å². The monoisotopic (exact) mass is 236 g/mol. The Balaban J connectivity index is 2.07. The molecule has 1 aliphatic carbocycles. The third kappa shape index (κ3) is 3.20. The van der Waals surface area contributed by atoms with Crippen LogP contribution in [0.3, 0.4) is 0 Å². The molecule has 1 saturated heterocycles. The predicted octanol–water partition coefficient (Wildman–Crippen LogP) is 3.69. The Morgan fingerprint density at radius 1 is 1.41 bits per heavy atom. The summed E-state index contributed by atoms with van der Waals surface area (Å²) in [6.45, 7) is 7.31. The summed E-state index contributed by atoms with van der Waals surface area (Å²) in [5, 5.41) is 0. The molecule has 1 heterocycles. The molecular formula is C15H24O2. The van der Waals surface area contributed by atoms with Gasteiger partial charge in [-0.2, -0.15) is 0 Å². The van der Waals surface area contributed by atoms with Crippen molar-refractivity contribution < 1.29 is 9.47 Å². The summed E-state index contributed by atoms with van der Waals surface area (Å²) in [5.74, 6) is 1.23. The number of methoxy groups -OCH3 is 1. The Hall–Kier alpha value is -0.600. The summed E-state index contributed by atoms with van der Waals surface area (Å²) in [6, 6.07) is 0. The molecule has 0 aromatic heterocycles. The fraction of sp³-hybridized carbons (Fsp3) is 0.733. The summed E-state index contributed by atoms with van der Waals surface area (Å²) in [4.78, 5) is 0. The molecule has 0 aromatic carbocycles. The molecule has 3 atom stereocenters. The van der Waals surface area contributed by atoms with E-state index in [1.807, 2.05) is 0 Å². The van der Waals surface area contributed by atoms with E-state index in [0.717, 1.165) is 25.9 Å². The summed E-state index contributed by atoms with van der Waals surface area (Å²) in [7, 11) is 1.74. The zero-order valence-electron chi connectivity index (χ0n) is 11.1. The minimum Gasteiger partial charge on any atom is -0.356 e. The van der Waals surface area contributed by atoms with E-state index in [-0.39, 0.29) is 6.29 Å². The van der Waals surface area contributed by atoms with Crippen LogP contribution in [0.4, 0.5) is 0 Å². The number of fused-ring (bicyclic) bond motifs is 1. The maximum Gasteiger partial charge on any atom is 0.157 e. The van der Waals surface area contributed by atoms with E-state index in [9.17, 15) is 0 Å². The van der Waals surface area contributed by atoms with E-state index >= 15 is 0 Å². The standard InChI is InChI=1S/C15H24O2/c1-11-5-4-6-12(2)14-10-17-15(16-3)9-13(14)8-7-11/h5,13-15H,2,4,6-10H2,1,3H3/b11-5+/t13-,14+,15-/m1/s1. The Labute approximate surface area is 105 Å². The number of hydrogen-bond acceptors (Lipinski definition) is 2. The highest BCUT2D eigenvalue weighted by Crippen LogP contribution is 2.37. The molecule has 0 amide bonds. The van der Waals surface area contributed by atoms with Gasteiger partial charge in [0.05, 0.1) is 6.61 Å². The van der Waals surface area contributed by atoms with Gasteiger partial charge in [0.25, 0.3) is 0 Å². The molecule has 2 rings (SSSR count). The third-order valence-electron chi connectivity index (χ3n) is 4.18. The highest BCUT2D eigenvalue weighted by atomic mass is 16.7. The fourth-order valence-electron chi connectivity index (χ4n) is 2.97. The molecule has 0 unspecified atom stereocenters. The molecule has 17 heavy (non-hydrogen) atoms. The minimum atomic E-state index is -0.00547. The fourth-order valence-corrected chi connectivity index (χ4v) is 2.97. The minimum absolute atomic E-state index is 0.00547. The maximum atomic E-state index is 5.73. The van der Waals surface area contributed by atoms with Crippen LogP contribution in [0, 0.1) is 11.8 Å². The van der Waals surface area contributed by atoms with Crippen LogP contribution in [-0.2, 0) is 9.47 Å². The first-order valence-corrected chi connectivity index (χ1v) is 6.68. The highest BCUT2D eigenvalue weighted by molar-refractivity contribution is 5.10. The van der Waals surface area contributed by atoms with Gasteiger partial charge >= 0.3 is 0 Å². The molecule has 96 valence electrons. The first-order valence-electron chi connectivity index (χ1n) is 6.68. The Morgan fingerprint density at radius 3 is 3.00 bits per heavy atom. The molecule has 1 aliphatic heterocycles. The number of ether oxygens (including phenoxy) is 2. The van der Waals surface area contributed by atoms with Crippen molar-refractivity contribution >= 4 is 0 Å². The molecule has 0 saturated carbocycles. The van der Waals surface area contributed by atoms with Crippen LogP contribution in [0.5, 0.6) is 0 Å². The van der Waals surface area contributed by atoms with E-state index in [0.29, 0.717) is 11.8 Å². The van der Waals surface area contributed by atoms with Crippen molar-refractivity contribution in [3.8, 4) is 0 Å². The molecule has 2 heteroatoms. The van der Waals surface area contributed by atoms with Crippen molar-refractivity contribution in [2.75, 3.05) is 13.7 Å². The van der Waals surface area contributed by atoms with Crippen molar-refractivity contribution in [1.29, 1.82) is 0 Å². The molecule has 0 spiro atoms. The molecule has 2 aliphatic rings. The maximum absolute atomic E-state index is 5.73. The summed E-state index contributed by atoms with van der Waals surface area (Å²) in [5.41, 5.74) is 2.90. The van der Waals surface area contributed by atoms with Gasteiger partial charge in [-0.1, -0.05) is 23.8 Å². The molecular weight excluding hydrogens is 212 g/mol. The second-order valence-corrected chi connectivity index (χ2v) is 5.39. The predicted molar refractivity (Wildman–Crippen MR) is 69.7 cm³/mol. The van der Waals surface area contributed by atoms with Gasteiger partial charge in [0.1, 0.15) is 0 Å². The SMILES string of the molecule is C=C1CC/C=C(\C)CC[C@@H]2C[C@H](OC)OC[C@@H]12. The van der Waals surface area contributed by atoms with Crippen molar-refractivity contribution in [3.63, 3.8) is 0 Å². The molecule has 0 N–H and O–H groups in total. The normalized spacial score (nSPS) is 38.4. The third-order valence-corrected chi connectivity index (χ3v) is 4.18. The van der Waals surface area contributed by atoms with Crippen molar-refractivity contribution in [3.05, 3.63) is 23.8 Å². The molecule has 0 aromatic rings. The van der Waals surface area contributed by atoms with Gasteiger partial charge in [-0.25, -0.2) is 0 Å². The largest absolute Gasteiger partial charge is 0.356 e. The van der Waals surface area contributed by atoms with Crippen LogP contribution in [-0.4, -0.2) is 20.0 Å². The van der Waals surface area contributed by atoms with E-state index in [1.54, 1.807) is 7.11 Å². The van der Waals surface area contributed by atoms with Gasteiger partial charge in [0.15, 0.2) is 6.29 Å².